The molecule has 1 heterocycles. The van der Waals surface area contributed by atoms with Gasteiger partial charge in [-0.05, 0) is 36.4 Å². The molecule has 136 valence electrons. The number of esters is 1. The molecule has 2 N–H and O–H groups in total. The number of urea groups is 1. The molecular formula is C18H13ClN4O4. The van der Waals surface area contributed by atoms with Gasteiger partial charge < -0.3 is 10.1 Å². The molecule has 2 aromatic carbocycles. The van der Waals surface area contributed by atoms with Crippen LogP contribution in [0.5, 0.6) is 0 Å². The van der Waals surface area contributed by atoms with Gasteiger partial charge in [-0.15, -0.1) is 0 Å². The molecular weight excluding hydrogens is 372 g/mol. The van der Waals surface area contributed by atoms with E-state index in [2.05, 4.69) is 25.3 Å². The minimum atomic E-state index is -0.803. The van der Waals surface area contributed by atoms with Crippen molar-refractivity contribution in [3.8, 4) is 0 Å². The van der Waals surface area contributed by atoms with Gasteiger partial charge in [0.25, 0.3) is 5.91 Å². The first kappa shape index (κ1) is 18.3. The van der Waals surface area contributed by atoms with Gasteiger partial charge in [-0.25, -0.2) is 9.59 Å². The van der Waals surface area contributed by atoms with Crippen molar-refractivity contribution in [1.82, 2.24) is 15.3 Å². The molecule has 1 aromatic heterocycles. The Morgan fingerprint density at radius 2 is 1.67 bits per heavy atom. The standard InChI is InChI=1S/C18H13ClN4O4/c1-27-17(25)11-2-4-12(19)14(9-11)22-18(26)23-16(24)10-3-5-13-15(8-10)21-7-6-20-13/h2-9H,1H3,(H2,22,23,24,26). The van der Waals surface area contributed by atoms with E-state index in [1.807, 2.05) is 0 Å². The summed E-state index contributed by atoms with van der Waals surface area (Å²) >= 11 is 6.01. The van der Waals surface area contributed by atoms with Gasteiger partial charge >= 0.3 is 12.0 Å². The summed E-state index contributed by atoms with van der Waals surface area (Å²) in [4.78, 5) is 44.2. The zero-order valence-corrected chi connectivity index (χ0v) is 14.8. The smallest absolute Gasteiger partial charge is 0.337 e. The van der Waals surface area contributed by atoms with Crippen LogP contribution in [-0.2, 0) is 4.74 Å². The number of rotatable bonds is 3. The van der Waals surface area contributed by atoms with E-state index >= 15 is 0 Å². The first-order chi connectivity index (χ1) is 13.0. The SMILES string of the molecule is COC(=O)c1ccc(Cl)c(NC(=O)NC(=O)c2ccc3nccnc3c2)c1. The van der Waals surface area contributed by atoms with Gasteiger partial charge in [0.15, 0.2) is 0 Å². The average molecular weight is 385 g/mol. The van der Waals surface area contributed by atoms with Crippen molar-refractivity contribution < 1.29 is 19.1 Å². The van der Waals surface area contributed by atoms with Gasteiger partial charge in [0.2, 0.25) is 0 Å². The minimum absolute atomic E-state index is 0.161. The lowest BCUT2D eigenvalue weighted by atomic mass is 10.2. The summed E-state index contributed by atoms with van der Waals surface area (Å²) in [5, 5.41) is 4.82. The third-order valence-electron chi connectivity index (χ3n) is 3.59. The molecule has 3 aromatic rings. The van der Waals surface area contributed by atoms with Crippen LogP contribution in [-0.4, -0.2) is 35.0 Å². The number of benzene rings is 2. The van der Waals surface area contributed by atoms with Crippen LogP contribution < -0.4 is 10.6 Å². The molecule has 0 atom stereocenters. The molecule has 0 radical (unpaired) electrons. The maximum Gasteiger partial charge on any atom is 0.337 e. The van der Waals surface area contributed by atoms with E-state index in [9.17, 15) is 14.4 Å². The maximum atomic E-state index is 12.3. The molecule has 0 aliphatic heterocycles. The second-order valence-electron chi connectivity index (χ2n) is 5.35. The van der Waals surface area contributed by atoms with Crippen molar-refractivity contribution >= 4 is 46.2 Å². The summed E-state index contributed by atoms with van der Waals surface area (Å²) in [5.41, 5.74) is 1.77. The number of anilines is 1. The van der Waals surface area contributed by atoms with Crippen molar-refractivity contribution in [2.24, 2.45) is 0 Å². The Balaban J connectivity index is 1.73. The van der Waals surface area contributed by atoms with Crippen molar-refractivity contribution in [3.63, 3.8) is 0 Å². The van der Waals surface area contributed by atoms with Gasteiger partial charge in [-0.1, -0.05) is 11.6 Å². The van der Waals surface area contributed by atoms with E-state index in [1.54, 1.807) is 12.3 Å². The third kappa shape index (κ3) is 4.18. The predicted molar refractivity (Wildman–Crippen MR) is 98.8 cm³/mol. The van der Waals surface area contributed by atoms with Crippen LogP contribution in [0.15, 0.2) is 48.8 Å². The fourth-order valence-corrected chi connectivity index (χ4v) is 2.46. The number of nitrogens with one attached hydrogen (secondary N) is 2. The van der Waals surface area contributed by atoms with E-state index in [0.717, 1.165) is 0 Å². The summed E-state index contributed by atoms with van der Waals surface area (Å²) in [5.74, 6) is -1.20. The number of hydrogen-bond donors (Lipinski definition) is 2. The number of imide groups is 1. The molecule has 0 spiro atoms. The summed E-state index contributed by atoms with van der Waals surface area (Å²) in [7, 11) is 1.24. The molecule has 27 heavy (non-hydrogen) atoms. The molecule has 3 rings (SSSR count). The Kier molecular flexibility index (Phi) is 5.28. The zero-order chi connectivity index (χ0) is 19.4. The average Bonchev–Trinajstić information content (AvgIpc) is 2.68. The molecule has 3 amide bonds. The lowest BCUT2D eigenvalue weighted by Crippen LogP contribution is -2.34. The Morgan fingerprint density at radius 1 is 0.963 bits per heavy atom. The van der Waals surface area contributed by atoms with E-state index in [-0.39, 0.29) is 21.8 Å². The fourth-order valence-electron chi connectivity index (χ4n) is 2.30. The van der Waals surface area contributed by atoms with Crippen molar-refractivity contribution in [3.05, 3.63) is 64.9 Å². The second kappa shape index (κ2) is 7.79. The maximum absolute atomic E-state index is 12.3. The molecule has 0 saturated heterocycles. The Hall–Kier alpha value is -3.52. The van der Waals surface area contributed by atoms with Crippen LogP contribution in [0.2, 0.25) is 5.02 Å². The number of nitrogens with zero attached hydrogens (tertiary/aromatic N) is 2. The van der Waals surface area contributed by atoms with Crippen molar-refractivity contribution in [2.75, 3.05) is 12.4 Å². The van der Waals surface area contributed by atoms with Gasteiger partial charge in [-0.3, -0.25) is 20.1 Å². The Bertz CT molecular complexity index is 1050. The lowest BCUT2D eigenvalue weighted by Gasteiger charge is -2.10. The number of ether oxygens (including phenoxy) is 1. The molecule has 0 aliphatic carbocycles. The number of fused-ring (bicyclic) bond motifs is 1. The van der Waals surface area contributed by atoms with Crippen LogP contribution >= 0.6 is 11.6 Å². The molecule has 0 aliphatic rings. The number of halogens is 1. The molecule has 0 bridgehead atoms. The van der Waals surface area contributed by atoms with Crippen molar-refractivity contribution in [1.29, 1.82) is 0 Å². The van der Waals surface area contributed by atoms with Gasteiger partial charge in [0.1, 0.15) is 0 Å². The normalized spacial score (nSPS) is 10.3. The van der Waals surface area contributed by atoms with Crippen LogP contribution in [0.25, 0.3) is 11.0 Å². The zero-order valence-electron chi connectivity index (χ0n) is 14.0. The Labute approximate surface area is 158 Å². The highest BCUT2D eigenvalue weighted by Crippen LogP contribution is 2.23. The predicted octanol–water partition coefficient (Wildman–Crippen LogP) is 3.03. The first-order valence-corrected chi connectivity index (χ1v) is 8.06. The molecule has 8 nitrogen and oxygen atoms in total. The fraction of sp³-hybridized carbons (Fsp3) is 0.0556. The highest BCUT2D eigenvalue weighted by Gasteiger charge is 2.14. The quantitative estimate of drug-likeness (QED) is 0.671. The summed E-state index contributed by atoms with van der Waals surface area (Å²) < 4.78 is 4.62. The van der Waals surface area contributed by atoms with Crippen LogP contribution in [0.1, 0.15) is 20.7 Å². The van der Waals surface area contributed by atoms with E-state index in [1.165, 1.54) is 43.6 Å². The summed E-state index contributed by atoms with van der Waals surface area (Å²) in [6, 6.07) is 8.13. The van der Waals surface area contributed by atoms with E-state index in [4.69, 9.17) is 11.6 Å². The third-order valence-corrected chi connectivity index (χ3v) is 3.92. The summed E-state index contributed by atoms with van der Waals surface area (Å²) in [6.07, 6.45) is 3.05. The number of aromatic nitrogens is 2. The van der Waals surface area contributed by atoms with Gasteiger partial charge in [0.05, 0.1) is 34.4 Å². The number of methoxy groups -OCH3 is 1. The van der Waals surface area contributed by atoms with Crippen LogP contribution in [0.3, 0.4) is 0 Å². The second-order valence-corrected chi connectivity index (χ2v) is 5.76. The topological polar surface area (TPSA) is 110 Å². The highest BCUT2D eigenvalue weighted by atomic mass is 35.5. The van der Waals surface area contributed by atoms with Gasteiger partial charge in [0, 0.05) is 18.0 Å². The first-order valence-electron chi connectivity index (χ1n) is 7.69. The van der Waals surface area contributed by atoms with E-state index in [0.29, 0.717) is 11.0 Å². The molecule has 0 fully saturated rings. The minimum Gasteiger partial charge on any atom is -0.465 e. The number of amides is 3. The van der Waals surface area contributed by atoms with Crippen LogP contribution in [0.4, 0.5) is 10.5 Å². The van der Waals surface area contributed by atoms with Gasteiger partial charge in [-0.2, -0.15) is 0 Å². The van der Waals surface area contributed by atoms with Crippen molar-refractivity contribution in [2.45, 2.75) is 0 Å². The number of hydrogen-bond acceptors (Lipinski definition) is 6. The molecule has 9 heteroatoms. The summed E-state index contributed by atoms with van der Waals surface area (Å²) in [6.45, 7) is 0. The largest absolute Gasteiger partial charge is 0.465 e. The lowest BCUT2D eigenvalue weighted by molar-refractivity contribution is 0.0600. The Morgan fingerprint density at radius 3 is 2.41 bits per heavy atom. The monoisotopic (exact) mass is 384 g/mol. The van der Waals surface area contributed by atoms with E-state index < -0.39 is 17.9 Å². The van der Waals surface area contributed by atoms with Crippen LogP contribution in [0, 0.1) is 0 Å². The number of carbonyl (C=O) groups is 3. The molecule has 0 saturated carbocycles. The molecule has 0 unspecified atom stereocenters. The highest BCUT2D eigenvalue weighted by molar-refractivity contribution is 6.34. The number of carbonyl (C=O) groups excluding carboxylic acids is 3.